The van der Waals surface area contributed by atoms with Crippen molar-refractivity contribution in [2.24, 2.45) is 5.92 Å². The molecule has 0 saturated carbocycles. The predicted molar refractivity (Wildman–Crippen MR) is 104 cm³/mol. The van der Waals surface area contributed by atoms with Crippen LogP contribution in [0.25, 0.3) is 0 Å². The monoisotopic (exact) mass is 406 g/mol. The lowest BCUT2D eigenvalue weighted by Crippen LogP contribution is -2.51. The average molecular weight is 407 g/mol. The number of amides is 1. The molecule has 2 atom stereocenters. The fourth-order valence-electron chi connectivity index (χ4n) is 2.02. The molecular weight excluding hydrogens is 372 g/mol. The number of carbonyl (C=O) groups is 2. The van der Waals surface area contributed by atoms with Gasteiger partial charge in [0.1, 0.15) is 5.60 Å². The average Bonchev–Trinajstić information content (AvgIpc) is 2.38. The number of aliphatic carboxylic acids is 1. The van der Waals surface area contributed by atoms with Crippen molar-refractivity contribution in [1.82, 2.24) is 5.32 Å². The molecular formula is C17H34N2O7Si. The summed E-state index contributed by atoms with van der Waals surface area (Å²) in [4.78, 5) is 33.8. The minimum Gasteiger partial charge on any atom is -0.481 e. The Morgan fingerprint density at radius 1 is 1.19 bits per heavy atom. The van der Waals surface area contributed by atoms with Crippen LogP contribution >= 0.6 is 0 Å². The first kappa shape index (κ1) is 25.3. The summed E-state index contributed by atoms with van der Waals surface area (Å²) >= 11 is 0. The maximum atomic E-state index is 12.2. The molecule has 0 bridgehead atoms. The maximum absolute atomic E-state index is 12.2. The molecule has 9 nitrogen and oxygen atoms in total. The van der Waals surface area contributed by atoms with Crippen molar-refractivity contribution in [3.05, 3.63) is 10.1 Å². The molecule has 0 aromatic carbocycles. The number of nitrogens with zero attached hydrogens (tertiary/aromatic N) is 1. The molecule has 0 fully saturated rings. The number of carboxylic acid groups (broad SMARTS) is 1. The van der Waals surface area contributed by atoms with Crippen molar-refractivity contribution < 1.29 is 28.8 Å². The van der Waals surface area contributed by atoms with Crippen molar-refractivity contribution in [1.29, 1.82) is 0 Å². The summed E-state index contributed by atoms with van der Waals surface area (Å²) in [5, 5.41) is 22.6. The van der Waals surface area contributed by atoms with Gasteiger partial charge in [-0.1, -0.05) is 20.8 Å². The SMILES string of the molecule is CC(C)(C)OC(=O)NC(CO[Si](C)(C)C(C)(C)C)C(CC(=O)O)C[N+](=O)[O-]. The molecule has 10 heteroatoms. The lowest BCUT2D eigenvalue weighted by Gasteiger charge is -2.38. The van der Waals surface area contributed by atoms with E-state index >= 15 is 0 Å². The lowest BCUT2D eigenvalue weighted by atomic mass is 9.97. The number of nitro groups is 1. The molecule has 0 aliphatic heterocycles. The van der Waals surface area contributed by atoms with Gasteiger partial charge in [0.2, 0.25) is 6.54 Å². The Bertz CT molecular complexity index is 522. The third-order valence-corrected chi connectivity index (χ3v) is 9.02. The van der Waals surface area contributed by atoms with Crippen LogP contribution in [0, 0.1) is 16.0 Å². The molecule has 2 unspecified atom stereocenters. The number of ether oxygens (including phenoxy) is 1. The first-order valence-electron chi connectivity index (χ1n) is 8.91. The number of nitrogens with one attached hydrogen (secondary N) is 1. The van der Waals surface area contributed by atoms with Crippen LogP contribution in [0.5, 0.6) is 0 Å². The summed E-state index contributed by atoms with van der Waals surface area (Å²) in [6, 6.07) is -0.851. The molecule has 0 rings (SSSR count). The Hall–Kier alpha value is -1.68. The first-order valence-corrected chi connectivity index (χ1v) is 11.8. The van der Waals surface area contributed by atoms with Gasteiger partial charge in [0.15, 0.2) is 8.32 Å². The van der Waals surface area contributed by atoms with Crippen LogP contribution in [0.2, 0.25) is 18.1 Å². The Morgan fingerprint density at radius 2 is 1.70 bits per heavy atom. The van der Waals surface area contributed by atoms with E-state index in [1.165, 1.54) is 0 Å². The molecule has 1 amide bonds. The van der Waals surface area contributed by atoms with Gasteiger partial charge in [0.05, 0.1) is 25.0 Å². The minimum atomic E-state index is -2.20. The van der Waals surface area contributed by atoms with Crippen LogP contribution in [0.1, 0.15) is 48.0 Å². The van der Waals surface area contributed by atoms with Gasteiger partial charge in [0, 0.05) is 4.92 Å². The van der Waals surface area contributed by atoms with Gasteiger partial charge in [0.25, 0.3) is 0 Å². The summed E-state index contributed by atoms with van der Waals surface area (Å²) < 4.78 is 11.3. The highest BCUT2D eigenvalue weighted by molar-refractivity contribution is 6.74. The topological polar surface area (TPSA) is 128 Å². The van der Waals surface area contributed by atoms with Crippen LogP contribution in [-0.2, 0) is 14.0 Å². The third kappa shape index (κ3) is 10.3. The maximum Gasteiger partial charge on any atom is 0.407 e. The Morgan fingerprint density at radius 3 is 2.07 bits per heavy atom. The molecule has 0 aliphatic carbocycles. The minimum absolute atomic E-state index is 0.0124. The molecule has 0 heterocycles. The molecule has 0 aromatic heterocycles. The summed E-state index contributed by atoms with van der Waals surface area (Å²) in [6.45, 7) is 14.6. The lowest BCUT2D eigenvalue weighted by molar-refractivity contribution is -0.489. The number of carboxylic acids is 1. The first-order chi connectivity index (χ1) is 11.9. The molecule has 2 N–H and O–H groups in total. The van der Waals surface area contributed by atoms with Gasteiger partial charge < -0.3 is 19.6 Å². The van der Waals surface area contributed by atoms with Gasteiger partial charge in [-0.3, -0.25) is 14.9 Å². The Balaban J connectivity index is 5.47. The van der Waals surface area contributed by atoms with E-state index in [9.17, 15) is 19.7 Å². The van der Waals surface area contributed by atoms with E-state index in [-0.39, 0.29) is 11.6 Å². The van der Waals surface area contributed by atoms with Gasteiger partial charge in [-0.05, 0) is 38.9 Å². The Kier molecular flexibility index (Phi) is 8.90. The Labute approximate surface area is 162 Å². The largest absolute Gasteiger partial charge is 0.481 e. The van der Waals surface area contributed by atoms with E-state index in [4.69, 9.17) is 14.3 Å². The number of alkyl carbamates (subject to hydrolysis) is 1. The van der Waals surface area contributed by atoms with Crippen LogP contribution in [0.4, 0.5) is 4.79 Å². The van der Waals surface area contributed by atoms with Crippen molar-refractivity contribution in [2.75, 3.05) is 13.2 Å². The zero-order chi connectivity index (χ0) is 21.6. The van der Waals surface area contributed by atoms with E-state index in [0.29, 0.717) is 0 Å². The van der Waals surface area contributed by atoms with Crippen LogP contribution in [0.15, 0.2) is 0 Å². The van der Waals surface area contributed by atoms with Crippen LogP contribution < -0.4 is 5.32 Å². The summed E-state index contributed by atoms with van der Waals surface area (Å²) in [5.74, 6) is -2.10. The summed E-state index contributed by atoms with van der Waals surface area (Å²) in [6.07, 6.45) is -1.22. The standard InChI is InChI=1S/C17H34N2O7Si/c1-16(2,3)26-15(22)18-13(11-25-27(7,8)17(4,5)6)12(9-14(20)21)10-19(23)24/h12-13H,9-11H2,1-8H3,(H,18,22)(H,20,21). The normalized spacial score (nSPS) is 15.0. The van der Waals surface area contributed by atoms with E-state index in [1.54, 1.807) is 20.8 Å². The second-order valence-corrected chi connectivity index (χ2v) is 14.0. The van der Waals surface area contributed by atoms with Crippen molar-refractivity contribution in [3.8, 4) is 0 Å². The summed E-state index contributed by atoms with van der Waals surface area (Å²) in [5.41, 5.74) is -0.750. The molecule has 0 saturated heterocycles. The second kappa shape index (κ2) is 9.49. The van der Waals surface area contributed by atoms with Gasteiger partial charge >= 0.3 is 12.1 Å². The number of rotatable bonds is 9. The highest BCUT2D eigenvalue weighted by atomic mass is 28.4. The molecule has 0 aliphatic rings. The van der Waals surface area contributed by atoms with Crippen molar-refractivity contribution in [2.45, 2.75) is 77.7 Å². The molecule has 0 radical (unpaired) electrons. The molecule has 27 heavy (non-hydrogen) atoms. The van der Waals surface area contributed by atoms with E-state index in [1.807, 2.05) is 33.9 Å². The predicted octanol–water partition coefficient (Wildman–Crippen LogP) is 3.27. The van der Waals surface area contributed by atoms with Crippen molar-refractivity contribution >= 4 is 20.4 Å². The third-order valence-electron chi connectivity index (χ3n) is 4.52. The number of hydrogen-bond acceptors (Lipinski definition) is 6. The van der Waals surface area contributed by atoms with Crippen LogP contribution in [0.3, 0.4) is 0 Å². The zero-order valence-corrected chi connectivity index (χ0v) is 18.6. The van der Waals surface area contributed by atoms with E-state index < -0.39 is 55.8 Å². The quantitative estimate of drug-likeness (QED) is 0.341. The fraction of sp³-hybridized carbons (Fsp3) is 0.882. The fourth-order valence-corrected chi connectivity index (χ4v) is 3.05. The number of hydrogen-bond donors (Lipinski definition) is 2. The van der Waals surface area contributed by atoms with E-state index in [2.05, 4.69) is 5.32 Å². The second-order valence-electron chi connectivity index (χ2n) is 9.20. The van der Waals surface area contributed by atoms with E-state index in [0.717, 1.165) is 0 Å². The molecule has 0 spiro atoms. The zero-order valence-electron chi connectivity index (χ0n) is 17.6. The van der Waals surface area contributed by atoms with Crippen molar-refractivity contribution in [3.63, 3.8) is 0 Å². The number of carbonyl (C=O) groups excluding carboxylic acids is 1. The van der Waals surface area contributed by atoms with Gasteiger partial charge in [-0.25, -0.2) is 4.79 Å². The van der Waals surface area contributed by atoms with Gasteiger partial charge in [-0.2, -0.15) is 0 Å². The summed E-state index contributed by atoms with van der Waals surface area (Å²) in [7, 11) is -2.20. The molecule has 0 aromatic rings. The highest BCUT2D eigenvalue weighted by Gasteiger charge is 2.39. The van der Waals surface area contributed by atoms with Gasteiger partial charge in [-0.15, -0.1) is 0 Å². The van der Waals surface area contributed by atoms with Crippen LogP contribution in [-0.4, -0.2) is 55.2 Å². The highest BCUT2D eigenvalue weighted by Crippen LogP contribution is 2.36. The smallest absolute Gasteiger partial charge is 0.407 e. The molecule has 158 valence electrons.